The molecule has 6 nitrogen and oxygen atoms in total. The van der Waals surface area contributed by atoms with Crippen molar-refractivity contribution >= 4 is 21.8 Å². The lowest BCUT2D eigenvalue weighted by molar-refractivity contribution is -0.137. The van der Waals surface area contributed by atoms with Gasteiger partial charge in [0.2, 0.25) is 5.91 Å². The molecular weight excluding hydrogens is 431 g/mol. The Morgan fingerprint density at radius 1 is 1.10 bits per heavy atom. The van der Waals surface area contributed by atoms with Gasteiger partial charge in [-0.2, -0.15) is 21.6 Å². The number of halogens is 3. The molecule has 2 aliphatic heterocycles. The van der Waals surface area contributed by atoms with Crippen molar-refractivity contribution in [2.45, 2.75) is 30.5 Å². The molecule has 10 heteroatoms. The highest BCUT2D eigenvalue weighted by molar-refractivity contribution is 7.90. The molecule has 164 valence electrons. The van der Waals surface area contributed by atoms with E-state index in [9.17, 15) is 26.4 Å². The fraction of sp³-hybridized carbons (Fsp3) is 0.333. The number of alkyl halides is 3. The van der Waals surface area contributed by atoms with E-state index in [0.29, 0.717) is 42.9 Å². The second kappa shape index (κ2) is 7.99. The Morgan fingerprint density at radius 3 is 2.52 bits per heavy atom. The molecule has 0 aliphatic carbocycles. The third-order valence-corrected chi connectivity index (χ3v) is 6.82. The predicted molar refractivity (Wildman–Crippen MR) is 108 cm³/mol. The second-order valence-corrected chi connectivity index (χ2v) is 9.14. The molecular formula is C21H20F3N3O3S. The lowest BCUT2D eigenvalue weighted by Crippen LogP contribution is -2.42. The number of carbonyl (C=O) groups is 1. The maximum atomic E-state index is 12.8. The molecule has 0 saturated carbocycles. The van der Waals surface area contributed by atoms with Crippen LogP contribution in [0.1, 0.15) is 29.5 Å². The van der Waals surface area contributed by atoms with Crippen molar-refractivity contribution in [3.05, 3.63) is 65.2 Å². The van der Waals surface area contributed by atoms with E-state index in [2.05, 4.69) is 9.71 Å². The van der Waals surface area contributed by atoms with E-state index >= 15 is 0 Å². The van der Waals surface area contributed by atoms with Gasteiger partial charge >= 0.3 is 6.18 Å². The summed E-state index contributed by atoms with van der Waals surface area (Å²) in [5.74, 6) is -0.118. The summed E-state index contributed by atoms with van der Waals surface area (Å²) in [4.78, 5) is 14.6. The summed E-state index contributed by atoms with van der Waals surface area (Å²) in [6.07, 6.45) is -3.44. The van der Waals surface area contributed by atoms with E-state index < -0.39 is 21.8 Å². The zero-order valence-corrected chi connectivity index (χ0v) is 17.2. The van der Waals surface area contributed by atoms with Gasteiger partial charge in [0.25, 0.3) is 10.0 Å². The van der Waals surface area contributed by atoms with Gasteiger partial charge in [-0.25, -0.2) is 0 Å². The van der Waals surface area contributed by atoms with Crippen LogP contribution >= 0.6 is 0 Å². The van der Waals surface area contributed by atoms with Crippen LogP contribution in [0.15, 0.2) is 57.8 Å². The first-order valence-corrected chi connectivity index (χ1v) is 11.2. The summed E-state index contributed by atoms with van der Waals surface area (Å²) in [6, 6.07) is 11.5. The van der Waals surface area contributed by atoms with Crippen LogP contribution in [-0.4, -0.2) is 38.2 Å². The van der Waals surface area contributed by atoms with Crippen LogP contribution in [0.25, 0.3) is 0 Å². The first kappa shape index (κ1) is 21.4. The number of nitrogens with one attached hydrogen (secondary N) is 1. The molecule has 0 bridgehead atoms. The largest absolute Gasteiger partial charge is 0.416 e. The topological polar surface area (TPSA) is 78.8 Å². The number of piperidine rings is 1. The highest BCUT2D eigenvalue weighted by Gasteiger charge is 2.34. The molecule has 0 unspecified atom stereocenters. The van der Waals surface area contributed by atoms with E-state index in [0.717, 1.165) is 12.1 Å². The minimum Gasteiger partial charge on any atom is -0.355 e. The number of rotatable bonds is 3. The summed E-state index contributed by atoms with van der Waals surface area (Å²) in [5.41, 5.74) is 0.192. The molecule has 31 heavy (non-hydrogen) atoms. The van der Waals surface area contributed by atoms with Crippen molar-refractivity contribution in [3.8, 4) is 0 Å². The SMILES string of the molecule is O=C(NCc1cccc(C(F)(F)F)c1)C1CCN(C2=NS(=O)(=O)c3ccccc32)CC1. The predicted octanol–water partition coefficient (Wildman–Crippen LogP) is 3.18. The Bertz CT molecular complexity index is 1140. The van der Waals surface area contributed by atoms with E-state index in [1.165, 1.54) is 18.2 Å². The van der Waals surface area contributed by atoms with Crippen molar-refractivity contribution in [2.24, 2.45) is 10.3 Å². The first-order valence-electron chi connectivity index (χ1n) is 9.78. The monoisotopic (exact) mass is 451 g/mol. The second-order valence-electron chi connectivity index (χ2n) is 7.56. The number of amidine groups is 1. The van der Waals surface area contributed by atoms with Gasteiger partial charge in [0.05, 0.1) is 5.56 Å². The molecule has 0 spiro atoms. The van der Waals surface area contributed by atoms with Crippen molar-refractivity contribution in [1.29, 1.82) is 0 Å². The summed E-state index contributed by atoms with van der Waals surface area (Å²) in [5, 5.41) is 2.71. The smallest absolute Gasteiger partial charge is 0.355 e. The zero-order chi connectivity index (χ0) is 22.2. The van der Waals surface area contributed by atoms with Crippen LogP contribution in [0.2, 0.25) is 0 Å². The van der Waals surface area contributed by atoms with Crippen LogP contribution in [0.4, 0.5) is 13.2 Å². The summed E-state index contributed by atoms with van der Waals surface area (Å²) >= 11 is 0. The third kappa shape index (κ3) is 4.43. The lowest BCUT2D eigenvalue weighted by Gasteiger charge is -2.32. The average molecular weight is 451 g/mol. The Hall–Kier alpha value is -2.88. The molecule has 1 saturated heterocycles. The van der Waals surface area contributed by atoms with Crippen LogP contribution in [0.5, 0.6) is 0 Å². The molecule has 1 N–H and O–H groups in total. The van der Waals surface area contributed by atoms with Crippen LogP contribution in [0, 0.1) is 5.92 Å². The number of hydrogen-bond donors (Lipinski definition) is 1. The fourth-order valence-corrected chi connectivity index (χ4v) is 5.09. The zero-order valence-electron chi connectivity index (χ0n) is 16.4. The number of fused-ring (bicyclic) bond motifs is 1. The molecule has 1 fully saturated rings. The van der Waals surface area contributed by atoms with Crippen LogP contribution in [-0.2, 0) is 27.5 Å². The van der Waals surface area contributed by atoms with Gasteiger partial charge in [0, 0.05) is 31.1 Å². The summed E-state index contributed by atoms with van der Waals surface area (Å²) in [6.45, 7) is 0.940. The number of amides is 1. The Morgan fingerprint density at radius 2 is 1.81 bits per heavy atom. The molecule has 0 aromatic heterocycles. The molecule has 4 rings (SSSR count). The number of sulfonamides is 1. The van der Waals surface area contributed by atoms with Gasteiger partial charge in [0.1, 0.15) is 4.90 Å². The standard InChI is InChI=1S/C21H20F3N3O3S/c22-21(23,24)16-5-3-4-14(12-16)13-25-20(28)15-8-10-27(11-9-15)19-17-6-1-2-7-18(17)31(29,30)26-19/h1-7,12,15H,8-11,13H2,(H,25,28). The molecule has 0 atom stereocenters. The molecule has 2 aromatic rings. The third-order valence-electron chi connectivity index (χ3n) is 5.50. The van der Waals surface area contributed by atoms with Crippen molar-refractivity contribution < 1.29 is 26.4 Å². The van der Waals surface area contributed by atoms with Gasteiger partial charge in [0.15, 0.2) is 5.84 Å². The average Bonchev–Trinajstić information content (AvgIpc) is 3.03. The molecule has 2 aliphatic rings. The molecule has 2 aromatic carbocycles. The maximum absolute atomic E-state index is 12.8. The number of carbonyl (C=O) groups excluding carboxylic acids is 1. The molecule has 2 heterocycles. The number of likely N-dealkylation sites (tertiary alicyclic amines) is 1. The van der Waals surface area contributed by atoms with Crippen molar-refractivity contribution in [1.82, 2.24) is 10.2 Å². The Labute approximate surface area is 177 Å². The van der Waals surface area contributed by atoms with Gasteiger partial charge < -0.3 is 10.2 Å². The lowest BCUT2D eigenvalue weighted by atomic mass is 9.95. The fourth-order valence-electron chi connectivity index (χ4n) is 3.86. The maximum Gasteiger partial charge on any atom is 0.416 e. The highest BCUT2D eigenvalue weighted by atomic mass is 32.2. The first-order chi connectivity index (χ1) is 14.6. The minimum absolute atomic E-state index is 0.0152. The molecule has 1 amide bonds. The van der Waals surface area contributed by atoms with E-state index in [-0.39, 0.29) is 23.3 Å². The van der Waals surface area contributed by atoms with Gasteiger partial charge in [-0.1, -0.05) is 24.3 Å². The number of hydrogen-bond acceptors (Lipinski definition) is 4. The van der Waals surface area contributed by atoms with Gasteiger partial charge in [-0.3, -0.25) is 4.79 Å². The van der Waals surface area contributed by atoms with E-state index in [4.69, 9.17) is 0 Å². The number of benzene rings is 2. The minimum atomic E-state index is -4.43. The summed E-state index contributed by atoms with van der Waals surface area (Å²) in [7, 11) is -3.70. The van der Waals surface area contributed by atoms with Crippen molar-refractivity contribution in [2.75, 3.05) is 13.1 Å². The highest BCUT2D eigenvalue weighted by Crippen LogP contribution is 2.31. The Kier molecular flexibility index (Phi) is 5.50. The van der Waals surface area contributed by atoms with E-state index in [1.807, 2.05) is 4.90 Å². The van der Waals surface area contributed by atoms with Gasteiger partial charge in [-0.05, 0) is 42.7 Å². The quantitative estimate of drug-likeness (QED) is 0.778. The van der Waals surface area contributed by atoms with Crippen LogP contribution in [0.3, 0.4) is 0 Å². The molecule has 0 radical (unpaired) electrons. The number of nitrogens with zero attached hydrogens (tertiary/aromatic N) is 2. The Balaban J connectivity index is 1.35. The normalized spacial score (nSPS) is 18.4. The van der Waals surface area contributed by atoms with E-state index in [1.54, 1.807) is 18.2 Å². The van der Waals surface area contributed by atoms with Crippen LogP contribution < -0.4 is 5.32 Å². The summed E-state index contributed by atoms with van der Waals surface area (Å²) < 4.78 is 66.9. The van der Waals surface area contributed by atoms with Crippen molar-refractivity contribution in [3.63, 3.8) is 0 Å². The van der Waals surface area contributed by atoms with Gasteiger partial charge in [-0.15, -0.1) is 4.40 Å².